The van der Waals surface area contributed by atoms with Gasteiger partial charge in [-0.2, -0.15) is 0 Å². The van der Waals surface area contributed by atoms with Crippen LogP contribution in [0.3, 0.4) is 0 Å². The summed E-state index contributed by atoms with van der Waals surface area (Å²) >= 11 is 1.68. The summed E-state index contributed by atoms with van der Waals surface area (Å²) < 4.78 is 5.47. The van der Waals surface area contributed by atoms with Gasteiger partial charge in [0.15, 0.2) is 0 Å². The molecule has 21 heavy (non-hydrogen) atoms. The molecule has 4 heteroatoms. The Bertz CT molecular complexity index is 562. The van der Waals surface area contributed by atoms with E-state index < -0.39 is 0 Å². The molecular formula is C17H19NO2S. The maximum atomic E-state index is 12.3. The molecule has 0 unspecified atom stereocenters. The van der Waals surface area contributed by atoms with Gasteiger partial charge in [0, 0.05) is 11.5 Å². The van der Waals surface area contributed by atoms with Crippen LogP contribution in [-0.4, -0.2) is 18.6 Å². The van der Waals surface area contributed by atoms with Crippen molar-refractivity contribution in [2.45, 2.75) is 31.4 Å². The fourth-order valence-electron chi connectivity index (χ4n) is 2.61. The molecule has 1 fully saturated rings. The second-order valence-corrected chi connectivity index (χ2v) is 6.25. The molecule has 1 amide bonds. The van der Waals surface area contributed by atoms with E-state index >= 15 is 0 Å². The third-order valence-corrected chi connectivity index (χ3v) is 4.69. The molecule has 0 aliphatic carbocycles. The van der Waals surface area contributed by atoms with Crippen LogP contribution in [0, 0.1) is 0 Å². The van der Waals surface area contributed by atoms with Gasteiger partial charge in [-0.3, -0.25) is 4.79 Å². The second-order valence-electron chi connectivity index (χ2n) is 5.27. The van der Waals surface area contributed by atoms with E-state index in [0.717, 1.165) is 19.3 Å². The summed E-state index contributed by atoms with van der Waals surface area (Å²) in [5.74, 6) is 0.0156. The molecule has 110 valence electrons. The van der Waals surface area contributed by atoms with E-state index in [9.17, 15) is 4.79 Å². The molecule has 2 aromatic rings. The molecule has 1 aromatic heterocycles. The fourth-order valence-corrected chi connectivity index (χ4v) is 3.39. The van der Waals surface area contributed by atoms with Gasteiger partial charge in [0.05, 0.1) is 6.04 Å². The highest BCUT2D eigenvalue weighted by Crippen LogP contribution is 2.24. The van der Waals surface area contributed by atoms with E-state index in [2.05, 4.69) is 23.5 Å². The van der Waals surface area contributed by atoms with Crippen molar-refractivity contribution < 1.29 is 9.53 Å². The van der Waals surface area contributed by atoms with Crippen LogP contribution >= 0.6 is 11.3 Å². The minimum absolute atomic E-state index is 0.0156. The predicted octanol–water partition coefficient (Wildman–Crippen LogP) is 3.33. The first kappa shape index (κ1) is 14.3. The number of carbonyl (C=O) groups excluding carboxylic acids is 1. The van der Waals surface area contributed by atoms with E-state index in [1.165, 1.54) is 10.4 Å². The van der Waals surface area contributed by atoms with Gasteiger partial charge in [-0.25, -0.2) is 0 Å². The Balaban J connectivity index is 1.72. The lowest BCUT2D eigenvalue weighted by molar-refractivity contribution is -0.130. The summed E-state index contributed by atoms with van der Waals surface area (Å²) in [6.07, 6.45) is 2.33. The molecule has 1 N–H and O–H groups in total. The number of amides is 1. The average Bonchev–Trinajstić information content (AvgIpc) is 3.21. The molecule has 0 bridgehead atoms. The van der Waals surface area contributed by atoms with E-state index in [1.54, 1.807) is 11.3 Å². The smallest absolute Gasteiger partial charge is 0.249 e. The van der Waals surface area contributed by atoms with Crippen LogP contribution in [0.4, 0.5) is 0 Å². The maximum Gasteiger partial charge on any atom is 0.249 e. The lowest BCUT2D eigenvalue weighted by Gasteiger charge is -2.20. The standard InChI is InChI=1S/C17H19NO2S/c19-17(15-8-4-10-20-15)18-14(16-9-5-11-21-16)12-13-6-2-1-3-7-13/h1-3,5-7,9,11,14-15H,4,8,10,12H2,(H,18,19)/t14-,15-/m1/s1. The van der Waals surface area contributed by atoms with E-state index in [4.69, 9.17) is 4.74 Å². The number of thiophene rings is 1. The van der Waals surface area contributed by atoms with Crippen LogP contribution < -0.4 is 5.32 Å². The van der Waals surface area contributed by atoms with Crippen LogP contribution in [0.15, 0.2) is 47.8 Å². The zero-order valence-corrected chi connectivity index (χ0v) is 12.6. The third kappa shape index (κ3) is 3.71. The van der Waals surface area contributed by atoms with Gasteiger partial charge in [-0.05, 0) is 36.3 Å². The number of nitrogens with one attached hydrogen (secondary N) is 1. The van der Waals surface area contributed by atoms with Gasteiger partial charge in [0.1, 0.15) is 6.10 Å². The van der Waals surface area contributed by atoms with Crippen LogP contribution in [-0.2, 0) is 16.0 Å². The highest BCUT2D eigenvalue weighted by atomic mass is 32.1. The number of rotatable bonds is 5. The summed E-state index contributed by atoms with van der Waals surface area (Å²) in [7, 11) is 0. The van der Waals surface area contributed by atoms with Gasteiger partial charge in [0.2, 0.25) is 5.91 Å². The summed E-state index contributed by atoms with van der Waals surface area (Å²) in [4.78, 5) is 13.5. The Morgan fingerprint density at radius 2 is 2.14 bits per heavy atom. The molecular weight excluding hydrogens is 282 g/mol. The minimum atomic E-state index is -0.275. The Morgan fingerprint density at radius 3 is 2.81 bits per heavy atom. The van der Waals surface area contributed by atoms with Gasteiger partial charge < -0.3 is 10.1 Å². The molecule has 2 heterocycles. The topological polar surface area (TPSA) is 38.3 Å². The van der Waals surface area contributed by atoms with Crippen LogP contribution in [0.5, 0.6) is 0 Å². The Hall–Kier alpha value is -1.65. The number of hydrogen-bond donors (Lipinski definition) is 1. The van der Waals surface area contributed by atoms with Crippen molar-refractivity contribution in [1.29, 1.82) is 0 Å². The molecule has 1 aliphatic heterocycles. The maximum absolute atomic E-state index is 12.3. The first-order valence-electron chi connectivity index (χ1n) is 7.32. The second kappa shape index (κ2) is 6.87. The monoisotopic (exact) mass is 301 g/mol. The van der Waals surface area contributed by atoms with Gasteiger partial charge >= 0.3 is 0 Å². The van der Waals surface area contributed by atoms with E-state index in [-0.39, 0.29) is 18.1 Å². The lowest BCUT2D eigenvalue weighted by atomic mass is 10.0. The Kier molecular flexibility index (Phi) is 4.68. The van der Waals surface area contributed by atoms with Gasteiger partial charge in [-0.15, -0.1) is 11.3 Å². The van der Waals surface area contributed by atoms with Crippen LogP contribution in [0.25, 0.3) is 0 Å². The van der Waals surface area contributed by atoms with Gasteiger partial charge in [-0.1, -0.05) is 36.4 Å². The largest absolute Gasteiger partial charge is 0.368 e. The molecule has 2 atom stereocenters. The normalized spacial score (nSPS) is 19.3. The van der Waals surface area contributed by atoms with Crippen molar-refractivity contribution in [1.82, 2.24) is 5.32 Å². The minimum Gasteiger partial charge on any atom is -0.368 e. The molecule has 0 saturated carbocycles. The predicted molar refractivity (Wildman–Crippen MR) is 84.3 cm³/mol. The fraction of sp³-hybridized carbons (Fsp3) is 0.353. The highest BCUT2D eigenvalue weighted by molar-refractivity contribution is 7.10. The highest BCUT2D eigenvalue weighted by Gasteiger charge is 2.26. The number of benzene rings is 1. The SMILES string of the molecule is O=C(N[C@H](Cc1ccccc1)c1cccs1)[C@H]1CCCO1. The van der Waals surface area contributed by atoms with E-state index in [0.29, 0.717) is 6.61 Å². The first-order valence-corrected chi connectivity index (χ1v) is 8.20. The van der Waals surface area contributed by atoms with Crippen molar-refractivity contribution in [3.05, 3.63) is 58.3 Å². The van der Waals surface area contributed by atoms with Gasteiger partial charge in [0.25, 0.3) is 0 Å². The summed E-state index contributed by atoms with van der Waals surface area (Å²) in [5, 5.41) is 5.20. The van der Waals surface area contributed by atoms with E-state index in [1.807, 2.05) is 29.6 Å². The van der Waals surface area contributed by atoms with Crippen molar-refractivity contribution in [2.24, 2.45) is 0 Å². The third-order valence-electron chi connectivity index (χ3n) is 3.71. The summed E-state index contributed by atoms with van der Waals surface area (Å²) in [5.41, 5.74) is 1.23. The average molecular weight is 301 g/mol. The molecule has 3 rings (SSSR count). The first-order chi connectivity index (χ1) is 10.3. The van der Waals surface area contributed by atoms with Crippen molar-refractivity contribution >= 4 is 17.2 Å². The Morgan fingerprint density at radius 1 is 1.29 bits per heavy atom. The zero-order valence-electron chi connectivity index (χ0n) is 11.8. The van der Waals surface area contributed by atoms with Crippen LogP contribution in [0.2, 0.25) is 0 Å². The van der Waals surface area contributed by atoms with Crippen molar-refractivity contribution in [3.63, 3.8) is 0 Å². The number of ether oxygens (including phenoxy) is 1. The molecule has 3 nitrogen and oxygen atoms in total. The lowest BCUT2D eigenvalue weighted by Crippen LogP contribution is -2.37. The molecule has 0 spiro atoms. The molecule has 1 aliphatic rings. The quantitative estimate of drug-likeness (QED) is 0.920. The summed E-state index contributed by atoms with van der Waals surface area (Å²) in [6.45, 7) is 0.695. The number of hydrogen-bond acceptors (Lipinski definition) is 3. The molecule has 1 saturated heterocycles. The number of carbonyl (C=O) groups is 1. The van der Waals surface area contributed by atoms with Crippen molar-refractivity contribution in [2.75, 3.05) is 6.61 Å². The van der Waals surface area contributed by atoms with Crippen molar-refractivity contribution in [3.8, 4) is 0 Å². The molecule has 0 radical (unpaired) electrons. The molecule has 1 aromatic carbocycles. The van der Waals surface area contributed by atoms with Crippen LogP contribution in [0.1, 0.15) is 29.3 Å². The zero-order chi connectivity index (χ0) is 14.5. The summed E-state index contributed by atoms with van der Waals surface area (Å²) in [6, 6.07) is 14.4. The Labute approximate surface area is 129 Å².